The smallest absolute Gasteiger partial charge is 0.133 e. The Balaban J connectivity index is 2.85. The molecule has 1 aromatic carbocycles. The lowest BCUT2D eigenvalue weighted by atomic mass is 9.87. The van der Waals surface area contributed by atoms with Gasteiger partial charge in [-0.2, -0.15) is 5.26 Å². The molecular formula is C18H29N3. The van der Waals surface area contributed by atoms with Crippen LogP contribution >= 0.6 is 0 Å². The van der Waals surface area contributed by atoms with E-state index in [1.807, 2.05) is 30.3 Å². The molecule has 0 spiro atoms. The Morgan fingerprint density at radius 2 is 1.90 bits per heavy atom. The zero-order valence-corrected chi connectivity index (χ0v) is 13.9. The maximum atomic E-state index is 9.84. The van der Waals surface area contributed by atoms with E-state index < -0.39 is 5.54 Å². The molecule has 0 saturated carbocycles. The molecule has 116 valence electrons. The first-order valence-corrected chi connectivity index (χ1v) is 7.97. The molecular weight excluding hydrogens is 258 g/mol. The molecule has 1 aromatic rings. The molecule has 0 aliphatic rings. The van der Waals surface area contributed by atoms with E-state index in [0.29, 0.717) is 0 Å². The lowest BCUT2D eigenvalue weighted by Gasteiger charge is -2.32. The molecule has 1 unspecified atom stereocenters. The molecule has 0 radical (unpaired) electrons. The normalized spacial score (nSPS) is 14.1. The van der Waals surface area contributed by atoms with E-state index in [1.54, 1.807) is 0 Å². The van der Waals surface area contributed by atoms with Crippen molar-refractivity contribution in [3.63, 3.8) is 0 Å². The van der Waals surface area contributed by atoms with Crippen molar-refractivity contribution < 1.29 is 0 Å². The molecule has 0 aliphatic heterocycles. The van der Waals surface area contributed by atoms with Gasteiger partial charge in [0.2, 0.25) is 0 Å². The van der Waals surface area contributed by atoms with Crippen LogP contribution in [-0.4, -0.2) is 31.1 Å². The summed E-state index contributed by atoms with van der Waals surface area (Å²) in [4.78, 5) is 2.32. The highest BCUT2D eigenvalue weighted by Gasteiger charge is 2.32. The predicted molar refractivity (Wildman–Crippen MR) is 89.0 cm³/mol. The van der Waals surface area contributed by atoms with Crippen LogP contribution in [0.4, 0.5) is 0 Å². The van der Waals surface area contributed by atoms with E-state index in [4.69, 9.17) is 0 Å². The summed E-state index contributed by atoms with van der Waals surface area (Å²) in [5.74, 6) is 0. The minimum Gasteiger partial charge on any atom is -0.306 e. The van der Waals surface area contributed by atoms with Crippen LogP contribution in [0.1, 0.15) is 45.6 Å². The predicted octanol–water partition coefficient (Wildman–Crippen LogP) is 3.53. The molecule has 1 atom stereocenters. The maximum Gasteiger partial charge on any atom is 0.133 e. The minimum absolute atomic E-state index is 0.269. The Bertz CT molecular complexity index is 436. The summed E-state index contributed by atoms with van der Waals surface area (Å²) in [5.41, 5.74) is 0.459. The average Bonchev–Trinajstić information content (AvgIpc) is 2.50. The molecule has 0 fully saturated rings. The van der Waals surface area contributed by atoms with Gasteiger partial charge in [-0.1, -0.05) is 43.7 Å². The fraction of sp³-hybridized carbons (Fsp3) is 0.611. The number of nitrogens with zero attached hydrogens (tertiary/aromatic N) is 2. The van der Waals surface area contributed by atoms with Gasteiger partial charge in [0.15, 0.2) is 0 Å². The molecule has 1 rings (SSSR count). The first-order chi connectivity index (χ1) is 10.0. The van der Waals surface area contributed by atoms with Gasteiger partial charge < -0.3 is 4.90 Å². The second-order valence-corrected chi connectivity index (χ2v) is 6.09. The number of nitrogens with one attached hydrogen (secondary N) is 1. The summed E-state index contributed by atoms with van der Waals surface area (Å²) in [6, 6.07) is 12.9. The van der Waals surface area contributed by atoms with Crippen LogP contribution in [0.5, 0.6) is 0 Å². The van der Waals surface area contributed by atoms with Gasteiger partial charge in [0.25, 0.3) is 0 Å². The molecule has 21 heavy (non-hydrogen) atoms. The lowest BCUT2D eigenvalue weighted by molar-refractivity contribution is 0.268. The van der Waals surface area contributed by atoms with Crippen LogP contribution in [0, 0.1) is 11.3 Å². The van der Waals surface area contributed by atoms with Crippen LogP contribution in [-0.2, 0) is 5.54 Å². The molecule has 0 bridgehead atoms. The van der Waals surface area contributed by atoms with Crippen molar-refractivity contribution in [1.82, 2.24) is 10.2 Å². The third-order valence-electron chi connectivity index (χ3n) is 3.75. The van der Waals surface area contributed by atoms with Gasteiger partial charge in [-0.15, -0.1) is 0 Å². The first kappa shape index (κ1) is 17.7. The quantitative estimate of drug-likeness (QED) is 0.755. The Kier molecular flexibility index (Phi) is 7.42. The third-order valence-corrected chi connectivity index (χ3v) is 3.75. The number of hydrogen-bond donors (Lipinski definition) is 1. The monoisotopic (exact) mass is 287 g/mol. The zero-order chi connectivity index (χ0) is 15.7. The highest BCUT2D eigenvalue weighted by molar-refractivity contribution is 5.31. The van der Waals surface area contributed by atoms with E-state index in [0.717, 1.165) is 25.1 Å². The summed E-state index contributed by atoms with van der Waals surface area (Å²) in [7, 11) is 2.14. The van der Waals surface area contributed by atoms with Crippen molar-refractivity contribution in [2.75, 3.05) is 20.1 Å². The van der Waals surface area contributed by atoms with Gasteiger partial charge in [0.1, 0.15) is 5.54 Å². The summed E-state index contributed by atoms with van der Waals surface area (Å²) < 4.78 is 0. The highest BCUT2D eigenvalue weighted by atomic mass is 15.1. The molecule has 1 N–H and O–H groups in total. The molecule has 0 amide bonds. The fourth-order valence-corrected chi connectivity index (χ4v) is 2.57. The summed E-state index contributed by atoms with van der Waals surface area (Å²) >= 11 is 0. The highest BCUT2D eigenvalue weighted by Crippen LogP contribution is 2.25. The lowest BCUT2D eigenvalue weighted by Crippen LogP contribution is -2.47. The number of unbranched alkanes of at least 4 members (excludes halogenated alkanes) is 1. The topological polar surface area (TPSA) is 39.1 Å². The standard InChI is InChI=1S/C18H29N3/c1-5-6-13-21(4)14-12-18(15-19,20-16(2)3)17-10-8-7-9-11-17/h7-11,16,20H,5-6,12-14H2,1-4H3. The Hall–Kier alpha value is -1.37. The molecule has 0 aliphatic carbocycles. The number of benzene rings is 1. The summed E-state index contributed by atoms with van der Waals surface area (Å²) in [6.07, 6.45) is 3.21. The maximum absolute atomic E-state index is 9.84. The van der Waals surface area contributed by atoms with Crippen LogP contribution < -0.4 is 5.32 Å². The van der Waals surface area contributed by atoms with Crippen LogP contribution in [0.2, 0.25) is 0 Å². The molecule has 3 heteroatoms. The van der Waals surface area contributed by atoms with Crippen molar-refractivity contribution in [2.24, 2.45) is 0 Å². The SMILES string of the molecule is CCCCN(C)CCC(C#N)(NC(C)C)c1ccccc1. The van der Waals surface area contributed by atoms with E-state index in [9.17, 15) is 5.26 Å². The summed E-state index contributed by atoms with van der Waals surface area (Å²) in [6.45, 7) is 8.40. The van der Waals surface area contributed by atoms with Gasteiger partial charge in [-0.25, -0.2) is 0 Å². The largest absolute Gasteiger partial charge is 0.306 e. The van der Waals surface area contributed by atoms with Gasteiger partial charge in [-0.3, -0.25) is 5.32 Å². The number of hydrogen-bond acceptors (Lipinski definition) is 3. The zero-order valence-electron chi connectivity index (χ0n) is 13.9. The number of nitriles is 1. The number of rotatable bonds is 9. The third kappa shape index (κ3) is 5.49. The van der Waals surface area contributed by atoms with E-state index in [2.05, 4.69) is 44.1 Å². The minimum atomic E-state index is -0.601. The second-order valence-electron chi connectivity index (χ2n) is 6.09. The fourth-order valence-electron chi connectivity index (χ4n) is 2.57. The van der Waals surface area contributed by atoms with E-state index in [1.165, 1.54) is 12.8 Å². The van der Waals surface area contributed by atoms with Crippen LogP contribution in [0.15, 0.2) is 30.3 Å². The molecule has 3 nitrogen and oxygen atoms in total. The Labute approximate surface area is 130 Å². The van der Waals surface area contributed by atoms with Gasteiger partial charge >= 0.3 is 0 Å². The van der Waals surface area contributed by atoms with E-state index in [-0.39, 0.29) is 6.04 Å². The van der Waals surface area contributed by atoms with Gasteiger partial charge in [-0.05, 0) is 45.8 Å². The van der Waals surface area contributed by atoms with Crippen molar-refractivity contribution in [3.05, 3.63) is 35.9 Å². The van der Waals surface area contributed by atoms with Crippen molar-refractivity contribution >= 4 is 0 Å². The van der Waals surface area contributed by atoms with Gasteiger partial charge in [0.05, 0.1) is 6.07 Å². The van der Waals surface area contributed by atoms with Crippen molar-refractivity contribution in [2.45, 2.75) is 51.6 Å². The molecule has 0 heterocycles. The summed E-state index contributed by atoms with van der Waals surface area (Å²) in [5, 5.41) is 13.3. The Morgan fingerprint density at radius 3 is 2.43 bits per heavy atom. The molecule has 0 saturated heterocycles. The van der Waals surface area contributed by atoms with Crippen LogP contribution in [0.25, 0.3) is 0 Å². The van der Waals surface area contributed by atoms with Crippen molar-refractivity contribution in [3.8, 4) is 6.07 Å². The van der Waals surface area contributed by atoms with E-state index >= 15 is 0 Å². The average molecular weight is 287 g/mol. The van der Waals surface area contributed by atoms with Gasteiger partial charge in [0, 0.05) is 12.6 Å². The molecule has 0 aromatic heterocycles. The van der Waals surface area contributed by atoms with Crippen LogP contribution in [0.3, 0.4) is 0 Å². The first-order valence-electron chi connectivity index (χ1n) is 7.97. The second kappa shape index (κ2) is 8.81. The Morgan fingerprint density at radius 1 is 1.24 bits per heavy atom. The van der Waals surface area contributed by atoms with Crippen molar-refractivity contribution in [1.29, 1.82) is 5.26 Å².